The van der Waals surface area contributed by atoms with E-state index < -0.39 is 23.0 Å². The highest BCUT2D eigenvalue weighted by atomic mass is 127. The van der Waals surface area contributed by atoms with Crippen LogP contribution in [0.1, 0.15) is 15.9 Å². The molecule has 0 aliphatic heterocycles. The van der Waals surface area contributed by atoms with Crippen molar-refractivity contribution >= 4 is 28.4 Å². The predicted molar refractivity (Wildman–Crippen MR) is 75.5 cm³/mol. The van der Waals surface area contributed by atoms with Gasteiger partial charge in [-0.3, -0.25) is 4.79 Å². The van der Waals surface area contributed by atoms with Crippen molar-refractivity contribution < 1.29 is 18.3 Å². The minimum Gasteiger partial charge on any atom is -0.497 e. The van der Waals surface area contributed by atoms with E-state index in [1.165, 1.54) is 13.2 Å². The number of carbonyl (C=O) groups is 1. The lowest BCUT2D eigenvalue weighted by Gasteiger charge is -2.08. The van der Waals surface area contributed by atoms with Crippen LogP contribution in [0.4, 0.5) is 8.78 Å². The van der Waals surface area contributed by atoms with Crippen molar-refractivity contribution in [3.8, 4) is 5.75 Å². The Labute approximate surface area is 122 Å². The predicted octanol–water partition coefficient (Wildman–Crippen LogP) is 3.81. The fourth-order valence-electron chi connectivity index (χ4n) is 1.66. The van der Waals surface area contributed by atoms with Gasteiger partial charge in [0.25, 0.3) is 0 Å². The van der Waals surface area contributed by atoms with Gasteiger partial charge >= 0.3 is 0 Å². The highest BCUT2D eigenvalue weighted by Crippen LogP contribution is 2.24. The van der Waals surface area contributed by atoms with Gasteiger partial charge in [-0.2, -0.15) is 0 Å². The average molecular weight is 374 g/mol. The van der Waals surface area contributed by atoms with Crippen molar-refractivity contribution in [1.29, 1.82) is 0 Å². The number of ether oxygens (including phenoxy) is 1. The van der Waals surface area contributed by atoms with Crippen LogP contribution < -0.4 is 4.74 Å². The van der Waals surface area contributed by atoms with E-state index in [2.05, 4.69) is 0 Å². The summed E-state index contributed by atoms with van der Waals surface area (Å²) >= 11 is 1.95. The van der Waals surface area contributed by atoms with Crippen LogP contribution in [-0.2, 0) is 0 Å². The molecule has 0 fully saturated rings. The second kappa shape index (κ2) is 5.64. The van der Waals surface area contributed by atoms with Gasteiger partial charge in [0.05, 0.1) is 12.7 Å². The molecule has 0 heterocycles. The Balaban J connectivity index is 2.54. The zero-order valence-corrected chi connectivity index (χ0v) is 12.1. The summed E-state index contributed by atoms with van der Waals surface area (Å²) < 4.78 is 33.0. The van der Waals surface area contributed by atoms with Crippen molar-refractivity contribution in [2.75, 3.05) is 7.11 Å². The molecule has 0 spiro atoms. The maximum absolute atomic E-state index is 13.8. The number of rotatable bonds is 3. The summed E-state index contributed by atoms with van der Waals surface area (Å²) in [5.41, 5.74) is -0.295. The first-order valence-electron chi connectivity index (χ1n) is 5.37. The van der Waals surface area contributed by atoms with Crippen LogP contribution in [-0.4, -0.2) is 12.9 Å². The summed E-state index contributed by atoms with van der Waals surface area (Å²) in [4.78, 5) is 12.2. The zero-order chi connectivity index (χ0) is 14.0. The van der Waals surface area contributed by atoms with Gasteiger partial charge in [0.15, 0.2) is 5.78 Å². The highest BCUT2D eigenvalue weighted by molar-refractivity contribution is 14.1. The molecule has 0 N–H and O–H groups in total. The van der Waals surface area contributed by atoms with E-state index in [1.807, 2.05) is 22.6 Å². The molecule has 0 atom stereocenters. The third-order valence-electron chi connectivity index (χ3n) is 2.60. The Kier molecular flexibility index (Phi) is 4.14. The third kappa shape index (κ3) is 2.75. The van der Waals surface area contributed by atoms with Crippen molar-refractivity contribution in [2.24, 2.45) is 0 Å². The molecule has 2 nitrogen and oxygen atoms in total. The SMILES string of the molecule is COc1cc(F)c(C(=O)c2ccccc2I)c(F)c1. The first-order valence-corrected chi connectivity index (χ1v) is 6.44. The average Bonchev–Trinajstić information content (AvgIpc) is 2.38. The van der Waals surface area contributed by atoms with Crippen LogP contribution in [0.15, 0.2) is 36.4 Å². The van der Waals surface area contributed by atoms with Crippen molar-refractivity contribution in [3.63, 3.8) is 0 Å². The van der Waals surface area contributed by atoms with Crippen LogP contribution in [0.25, 0.3) is 0 Å². The van der Waals surface area contributed by atoms with E-state index in [0.29, 0.717) is 3.57 Å². The van der Waals surface area contributed by atoms with Gasteiger partial charge in [-0.05, 0) is 34.7 Å². The molecule has 0 radical (unpaired) electrons. The molecule has 0 saturated carbocycles. The first kappa shape index (κ1) is 13.9. The van der Waals surface area contributed by atoms with Gasteiger partial charge in [-0.1, -0.05) is 12.1 Å². The Bertz CT molecular complexity index is 618. The molecule has 0 bridgehead atoms. The molecule has 0 aliphatic rings. The number of carbonyl (C=O) groups excluding carboxylic acids is 1. The standard InChI is InChI=1S/C14H9F2IO2/c1-19-8-6-10(15)13(11(16)7-8)14(18)9-4-2-3-5-12(9)17/h2-7H,1H3. The summed E-state index contributed by atoms with van der Waals surface area (Å²) in [6, 6.07) is 8.62. The molecule has 0 aliphatic carbocycles. The quantitative estimate of drug-likeness (QED) is 0.604. The second-order valence-corrected chi connectivity index (χ2v) is 4.94. The summed E-state index contributed by atoms with van der Waals surface area (Å²) in [5.74, 6) is -2.50. The summed E-state index contributed by atoms with van der Waals surface area (Å²) in [7, 11) is 1.30. The van der Waals surface area contributed by atoms with Crippen molar-refractivity contribution in [3.05, 3.63) is 62.7 Å². The summed E-state index contributed by atoms with van der Waals surface area (Å²) in [6.07, 6.45) is 0. The maximum Gasteiger partial charge on any atom is 0.200 e. The molecule has 2 aromatic carbocycles. The zero-order valence-electron chi connectivity index (χ0n) is 9.91. The van der Waals surface area contributed by atoms with Crippen molar-refractivity contribution in [2.45, 2.75) is 0 Å². The Morgan fingerprint density at radius 1 is 1.16 bits per heavy atom. The topological polar surface area (TPSA) is 26.3 Å². The fourth-order valence-corrected chi connectivity index (χ4v) is 2.30. The van der Waals surface area contributed by atoms with E-state index >= 15 is 0 Å². The number of ketones is 1. The number of hydrogen-bond donors (Lipinski definition) is 0. The minimum absolute atomic E-state index is 0.0364. The van der Waals surface area contributed by atoms with E-state index in [4.69, 9.17) is 4.74 Å². The molecule has 2 aromatic rings. The Morgan fingerprint density at radius 3 is 2.26 bits per heavy atom. The number of methoxy groups -OCH3 is 1. The summed E-state index contributed by atoms with van der Waals surface area (Å²) in [6.45, 7) is 0. The molecule has 0 amide bonds. The minimum atomic E-state index is -0.929. The molecular weight excluding hydrogens is 365 g/mol. The number of benzene rings is 2. The van der Waals surface area contributed by atoms with Crippen LogP contribution in [0.5, 0.6) is 5.75 Å². The highest BCUT2D eigenvalue weighted by Gasteiger charge is 2.21. The molecular formula is C14H9F2IO2. The maximum atomic E-state index is 13.8. The van der Waals surface area contributed by atoms with Gasteiger partial charge in [0, 0.05) is 21.3 Å². The molecule has 5 heteroatoms. The van der Waals surface area contributed by atoms with Crippen LogP contribution in [0.2, 0.25) is 0 Å². The van der Waals surface area contributed by atoms with Crippen LogP contribution in [0.3, 0.4) is 0 Å². The molecule has 2 rings (SSSR count). The van der Waals surface area contributed by atoms with Crippen LogP contribution in [0, 0.1) is 15.2 Å². The van der Waals surface area contributed by atoms with Gasteiger partial charge in [0.2, 0.25) is 0 Å². The van der Waals surface area contributed by atoms with Gasteiger partial charge in [0.1, 0.15) is 17.4 Å². The smallest absolute Gasteiger partial charge is 0.200 e. The molecule has 0 unspecified atom stereocenters. The fraction of sp³-hybridized carbons (Fsp3) is 0.0714. The third-order valence-corrected chi connectivity index (χ3v) is 3.54. The largest absolute Gasteiger partial charge is 0.497 e. The lowest BCUT2D eigenvalue weighted by atomic mass is 10.0. The van der Waals surface area contributed by atoms with Gasteiger partial charge < -0.3 is 4.74 Å². The molecule has 0 aromatic heterocycles. The van der Waals surface area contributed by atoms with Crippen molar-refractivity contribution in [1.82, 2.24) is 0 Å². The Morgan fingerprint density at radius 2 is 1.74 bits per heavy atom. The monoisotopic (exact) mass is 374 g/mol. The normalized spacial score (nSPS) is 10.3. The van der Waals surface area contributed by atoms with E-state index in [1.54, 1.807) is 18.2 Å². The lowest BCUT2D eigenvalue weighted by Crippen LogP contribution is -2.09. The summed E-state index contributed by atoms with van der Waals surface area (Å²) in [5, 5.41) is 0. The van der Waals surface area contributed by atoms with Crippen LogP contribution >= 0.6 is 22.6 Å². The second-order valence-electron chi connectivity index (χ2n) is 3.78. The van der Waals surface area contributed by atoms with E-state index in [9.17, 15) is 13.6 Å². The molecule has 19 heavy (non-hydrogen) atoms. The lowest BCUT2D eigenvalue weighted by molar-refractivity contribution is 0.103. The molecule has 0 saturated heterocycles. The Hall–Kier alpha value is -1.50. The van der Waals surface area contributed by atoms with Gasteiger partial charge in [-0.15, -0.1) is 0 Å². The van der Waals surface area contributed by atoms with E-state index in [0.717, 1.165) is 12.1 Å². The van der Waals surface area contributed by atoms with Gasteiger partial charge in [-0.25, -0.2) is 8.78 Å². The van der Waals surface area contributed by atoms with E-state index in [-0.39, 0.29) is 11.3 Å². The number of halogens is 3. The first-order chi connectivity index (χ1) is 9.04. The molecule has 98 valence electrons. The number of hydrogen-bond acceptors (Lipinski definition) is 2.